The van der Waals surface area contributed by atoms with Crippen LogP contribution in [0.1, 0.15) is 23.8 Å². The molecule has 0 atom stereocenters. The number of ether oxygens (including phenoxy) is 2. The third kappa shape index (κ3) is 5.06. The maximum absolute atomic E-state index is 5.73. The molecule has 27 heavy (non-hydrogen) atoms. The van der Waals surface area contributed by atoms with Crippen LogP contribution < -0.4 is 4.74 Å². The molecular weight excluding hydrogens is 356 g/mol. The Morgan fingerprint density at radius 2 is 1.70 bits per heavy atom. The first-order valence-corrected chi connectivity index (χ1v) is 10.5. The van der Waals surface area contributed by atoms with Gasteiger partial charge in [0, 0.05) is 12.5 Å². The standard InChI is InChI=1S/C22H26N2O2S/c1-2-6-19(7-3-1)26-17-16-25-15-14-24-12-10-18(11-13-24)22-23-20-8-4-5-9-21(20)27-22/h1-9,18H,10-17H2. The van der Waals surface area contributed by atoms with Crippen LogP contribution in [0.5, 0.6) is 5.75 Å². The number of para-hydroxylation sites is 2. The Kier molecular flexibility index (Phi) is 6.35. The number of piperidine rings is 1. The molecule has 2 aromatic carbocycles. The second-order valence-corrected chi connectivity index (χ2v) is 7.97. The molecular formula is C22H26N2O2S. The van der Waals surface area contributed by atoms with Gasteiger partial charge in [-0.3, -0.25) is 0 Å². The van der Waals surface area contributed by atoms with Crippen LogP contribution in [-0.4, -0.2) is 49.3 Å². The van der Waals surface area contributed by atoms with Gasteiger partial charge in [0.25, 0.3) is 0 Å². The molecule has 1 aliphatic heterocycles. The predicted molar refractivity (Wildman–Crippen MR) is 111 cm³/mol. The Morgan fingerprint density at radius 1 is 0.926 bits per heavy atom. The lowest BCUT2D eigenvalue weighted by atomic mass is 9.97. The van der Waals surface area contributed by atoms with Gasteiger partial charge in [-0.2, -0.15) is 0 Å². The molecule has 0 radical (unpaired) electrons. The summed E-state index contributed by atoms with van der Waals surface area (Å²) in [6.07, 6.45) is 2.38. The number of aromatic nitrogens is 1. The Bertz CT molecular complexity index is 795. The molecule has 0 spiro atoms. The van der Waals surface area contributed by atoms with E-state index in [0.29, 0.717) is 19.1 Å². The second-order valence-electron chi connectivity index (χ2n) is 6.91. The van der Waals surface area contributed by atoms with Crippen molar-refractivity contribution in [2.45, 2.75) is 18.8 Å². The van der Waals surface area contributed by atoms with Crippen LogP contribution in [0.25, 0.3) is 10.2 Å². The summed E-state index contributed by atoms with van der Waals surface area (Å²) >= 11 is 1.86. The monoisotopic (exact) mass is 382 g/mol. The summed E-state index contributed by atoms with van der Waals surface area (Å²) in [4.78, 5) is 7.35. The quantitative estimate of drug-likeness (QED) is 0.535. The van der Waals surface area contributed by atoms with Gasteiger partial charge in [-0.15, -0.1) is 11.3 Å². The number of benzene rings is 2. The van der Waals surface area contributed by atoms with Gasteiger partial charge in [0.05, 0.1) is 28.4 Å². The van der Waals surface area contributed by atoms with E-state index < -0.39 is 0 Å². The molecule has 0 bridgehead atoms. The summed E-state index contributed by atoms with van der Waals surface area (Å²) in [5.74, 6) is 1.51. The highest BCUT2D eigenvalue weighted by molar-refractivity contribution is 7.18. The first-order valence-electron chi connectivity index (χ1n) is 9.72. The van der Waals surface area contributed by atoms with Gasteiger partial charge < -0.3 is 14.4 Å². The van der Waals surface area contributed by atoms with Crippen LogP contribution in [0, 0.1) is 0 Å². The molecule has 1 aromatic heterocycles. The molecule has 3 aromatic rings. The zero-order chi connectivity index (χ0) is 18.3. The van der Waals surface area contributed by atoms with Crippen molar-refractivity contribution in [1.29, 1.82) is 0 Å². The highest BCUT2D eigenvalue weighted by Crippen LogP contribution is 2.33. The molecule has 1 aliphatic rings. The van der Waals surface area contributed by atoms with Gasteiger partial charge in [0.2, 0.25) is 0 Å². The Morgan fingerprint density at radius 3 is 2.52 bits per heavy atom. The largest absolute Gasteiger partial charge is 0.491 e. The van der Waals surface area contributed by atoms with Crippen molar-refractivity contribution < 1.29 is 9.47 Å². The minimum atomic E-state index is 0.601. The third-order valence-corrected chi connectivity index (χ3v) is 6.24. The van der Waals surface area contributed by atoms with E-state index in [4.69, 9.17) is 14.5 Å². The number of thiazole rings is 1. The smallest absolute Gasteiger partial charge is 0.119 e. The fourth-order valence-corrected chi connectivity index (χ4v) is 4.64. The van der Waals surface area contributed by atoms with Crippen molar-refractivity contribution in [3.8, 4) is 5.75 Å². The molecule has 1 fully saturated rings. The summed E-state index contributed by atoms with van der Waals surface area (Å²) in [6.45, 7) is 5.26. The number of fused-ring (bicyclic) bond motifs is 1. The van der Waals surface area contributed by atoms with E-state index in [2.05, 4.69) is 29.2 Å². The van der Waals surface area contributed by atoms with Gasteiger partial charge in [0.1, 0.15) is 12.4 Å². The normalized spacial score (nSPS) is 16.0. The molecule has 0 aliphatic carbocycles. The molecule has 5 heteroatoms. The zero-order valence-corrected chi connectivity index (χ0v) is 16.4. The van der Waals surface area contributed by atoms with Crippen LogP contribution in [0.4, 0.5) is 0 Å². The van der Waals surface area contributed by atoms with Crippen LogP contribution in [-0.2, 0) is 4.74 Å². The molecule has 0 amide bonds. The molecule has 0 N–H and O–H groups in total. The summed E-state index contributed by atoms with van der Waals surface area (Å²) in [5, 5.41) is 1.31. The van der Waals surface area contributed by atoms with Crippen LogP contribution in [0.2, 0.25) is 0 Å². The van der Waals surface area contributed by atoms with E-state index in [1.165, 1.54) is 22.5 Å². The van der Waals surface area contributed by atoms with Crippen LogP contribution in [0.3, 0.4) is 0 Å². The average molecular weight is 383 g/mol. The summed E-state index contributed by atoms with van der Waals surface area (Å²) in [5.41, 5.74) is 1.14. The number of nitrogens with zero attached hydrogens (tertiary/aromatic N) is 2. The SMILES string of the molecule is c1ccc(OCCOCCN2CCC(c3nc4ccccc4s3)CC2)cc1. The first-order chi connectivity index (χ1) is 13.4. The van der Waals surface area contributed by atoms with E-state index in [9.17, 15) is 0 Å². The predicted octanol–water partition coefficient (Wildman–Crippen LogP) is 4.57. The summed E-state index contributed by atoms with van der Waals surface area (Å²) < 4.78 is 12.7. The fraction of sp³-hybridized carbons (Fsp3) is 0.409. The van der Waals surface area contributed by atoms with Crippen molar-refractivity contribution in [3.63, 3.8) is 0 Å². The van der Waals surface area contributed by atoms with E-state index in [-0.39, 0.29) is 0 Å². The molecule has 142 valence electrons. The molecule has 4 rings (SSSR count). The molecule has 1 saturated heterocycles. The van der Waals surface area contributed by atoms with Crippen molar-refractivity contribution in [3.05, 3.63) is 59.6 Å². The maximum Gasteiger partial charge on any atom is 0.119 e. The fourth-order valence-electron chi connectivity index (χ4n) is 3.50. The van der Waals surface area contributed by atoms with Gasteiger partial charge >= 0.3 is 0 Å². The van der Waals surface area contributed by atoms with Crippen molar-refractivity contribution >= 4 is 21.6 Å². The average Bonchev–Trinajstić information content (AvgIpc) is 3.16. The minimum absolute atomic E-state index is 0.601. The molecule has 4 nitrogen and oxygen atoms in total. The summed E-state index contributed by atoms with van der Waals surface area (Å²) in [6, 6.07) is 18.3. The van der Waals surface area contributed by atoms with Crippen molar-refractivity contribution in [2.75, 3.05) is 39.5 Å². The third-order valence-electron chi connectivity index (χ3n) is 5.04. The lowest BCUT2D eigenvalue weighted by Crippen LogP contribution is -2.35. The van der Waals surface area contributed by atoms with Crippen LogP contribution >= 0.6 is 11.3 Å². The molecule has 0 saturated carbocycles. The zero-order valence-electron chi connectivity index (χ0n) is 15.5. The lowest BCUT2D eigenvalue weighted by molar-refractivity contribution is 0.0733. The molecule has 0 unspecified atom stereocenters. The number of hydrogen-bond donors (Lipinski definition) is 0. The maximum atomic E-state index is 5.73. The number of hydrogen-bond acceptors (Lipinski definition) is 5. The van der Waals surface area contributed by atoms with E-state index in [0.717, 1.165) is 37.5 Å². The van der Waals surface area contributed by atoms with Gasteiger partial charge in [-0.05, 0) is 50.2 Å². The van der Waals surface area contributed by atoms with E-state index in [1.807, 2.05) is 41.7 Å². The van der Waals surface area contributed by atoms with Crippen molar-refractivity contribution in [1.82, 2.24) is 9.88 Å². The minimum Gasteiger partial charge on any atom is -0.491 e. The Balaban J connectivity index is 1.13. The topological polar surface area (TPSA) is 34.6 Å². The Hall–Kier alpha value is -1.95. The lowest BCUT2D eigenvalue weighted by Gasteiger charge is -2.30. The van der Waals surface area contributed by atoms with E-state index >= 15 is 0 Å². The van der Waals surface area contributed by atoms with Gasteiger partial charge in [0.15, 0.2) is 0 Å². The highest BCUT2D eigenvalue weighted by Gasteiger charge is 2.23. The second kappa shape index (κ2) is 9.31. The highest BCUT2D eigenvalue weighted by atomic mass is 32.1. The number of likely N-dealkylation sites (tertiary alicyclic amines) is 1. The Labute approximate surface area is 164 Å². The first kappa shape index (κ1) is 18.4. The summed E-state index contributed by atoms with van der Waals surface area (Å²) in [7, 11) is 0. The van der Waals surface area contributed by atoms with Crippen molar-refractivity contribution in [2.24, 2.45) is 0 Å². The van der Waals surface area contributed by atoms with E-state index in [1.54, 1.807) is 0 Å². The van der Waals surface area contributed by atoms with Gasteiger partial charge in [-0.25, -0.2) is 4.98 Å². The number of rotatable bonds is 8. The molecule has 2 heterocycles. The van der Waals surface area contributed by atoms with Crippen LogP contribution in [0.15, 0.2) is 54.6 Å². The van der Waals surface area contributed by atoms with Gasteiger partial charge in [-0.1, -0.05) is 30.3 Å².